The highest BCUT2D eigenvalue weighted by atomic mass is 35.5. The zero-order valence-electron chi connectivity index (χ0n) is 18.9. The summed E-state index contributed by atoms with van der Waals surface area (Å²) in [6.45, 7) is 9.91. The Hall–Kier alpha value is -2.01. The highest BCUT2D eigenvalue weighted by molar-refractivity contribution is 6.35. The molecule has 0 aliphatic rings. The van der Waals surface area contributed by atoms with Crippen molar-refractivity contribution < 1.29 is 9.53 Å². The average Bonchev–Trinajstić information content (AvgIpc) is 2.70. The van der Waals surface area contributed by atoms with Crippen LogP contribution in [0.25, 0.3) is 6.08 Å². The van der Waals surface area contributed by atoms with Crippen LogP contribution in [-0.2, 0) is 11.2 Å². The normalized spacial score (nSPS) is 11.7. The molecule has 2 rings (SSSR count). The number of hydrogen-bond donors (Lipinski definition) is 1. The SMILES string of the molecule is COc1ccc(NC(=O)/C=C/c2ccc(Cl)cc2Cl)cc1CCCN(C(C)C)C(C)C. The van der Waals surface area contributed by atoms with Crippen LogP contribution in [0.15, 0.2) is 42.5 Å². The molecule has 2 aromatic carbocycles. The minimum absolute atomic E-state index is 0.229. The maximum Gasteiger partial charge on any atom is 0.248 e. The largest absolute Gasteiger partial charge is 0.496 e. The van der Waals surface area contributed by atoms with Gasteiger partial charge in [-0.2, -0.15) is 0 Å². The van der Waals surface area contributed by atoms with Gasteiger partial charge in [0.25, 0.3) is 0 Å². The van der Waals surface area contributed by atoms with E-state index in [2.05, 4.69) is 37.9 Å². The van der Waals surface area contributed by atoms with Crippen LogP contribution in [0.1, 0.15) is 45.2 Å². The lowest BCUT2D eigenvalue weighted by Gasteiger charge is -2.30. The molecule has 0 saturated heterocycles. The molecule has 168 valence electrons. The van der Waals surface area contributed by atoms with Crippen molar-refractivity contribution in [1.82, 2.24) is 4.90 Å². The van der Waals surface area contributed by atoms with E-state index in [-0.39, 0.29) is 5.91 Å². The zero-order valence-corrected chi connectivity index (χ0v) is 20.4. The zero-order chi connectivity index (χ0) is 23.0. The number of nitrogens with one attached hydrogen (secondary N) is 1. The van der Waals surface area contributed by atoms with Crippen LogP contribution in [-0.4, -0.2) is 36.5 Å². The third-order valence-electron chi connectivity index (χ3n) is 5.11. The second kappa shape index (κ2) is 12.1. The molecule has 1 amide bonds. The molecule has 0 fully saturated rings. The molecule has 0 aromatic heterocycles. The third kappa shape index (κ3) is 7.88. The fraction of sp³-hybridized carbons (Fsp3) is 0.400. The molecule has 0 unspecified atom stereocenters. The standard InChI is InChI=1S/C25H32Cl2N2O2/c1-17(2)29(18(3)4)14-6-7-20-15-22(11-12-24(20)31-5)28-25(30)13-9-19-8-10-21(26)16-23(19)27/h8-13,15-18H,6-7,14H2,1-5H3,(H,28,30)/b13-9+. The van der Waals surface area contributed by atoms with Gasteiger partial charge >= 0.3 is 0 Å². The number of anilines is 1. The summed E-state index contributed by atoms with van der Waals surface area (Å²) in [5.41, 5.74) is 2.55. The molecule has 31 heavy (non-hydrogen) atoms. The molecule has 0 atom stereocenters. The lowest BCUT2D eigenvalue weighted by molar-refractivity contribution is -0.111. The lowest BCUT2D eigenvalue weighted by atomic mass is 10.1. The van der Waals surface area contributed by atoms with E-state index in [1.807, 2.05) is 18.2 Å². The molecule has 0 bridgehead atoms. The number of hydrogen-bond acceptors (Lipinski definition) is 3. The number of carbonyl (C=O) groups excluding carboxylic acids is 1. The van der Waals surface area contributed by atoms with Gasteiger partial charge < -0.3 is 10.1 Å². The number of ether oxygens (including phenoxy) is 1. The number of rotatable bonds is 10. The summed E-state index contributed by atoms with van der Waals surface area (Å²) in [6, 6.07) is 11.9. The van der Waals surface area contributed by atoms with Crippen molar-refractivity contribution in [2.75, 3.05) is 19.0 Å². The van der Waals surface area contributed by atoms with Gasteiger partial charge in [-0.25, -0.2) is 0 Å². The molecule has 6 heteroatoms. The van der Waals surface area contributed by atoms with Gasteiger partial charge in [0, 0.05) is 33.9 Å². The number of aryl methyl sites for hydroxylation is 1. The van der Waals surface area contributed by atoms with Crippen LogP contribution in [0, 0.1) is 0 Å². The van der Waals surface area contributed by atoms with Crippen molar-refractivity contribution in [3.05, 3.63) is 63.6 Å². The first kappa shape index (κ1) is 25.3. The van der Waals surface area contributed by atoms with Crippen molar-refractivity contribution in [1.29, 1.82) is 0 Å². The van der Waals surface area contributed by atoms with Crippen molar-refractivity contribution in [3.63, 3.8) is 0 Å². The summed E-state index contributed by atoms with van der Waals surface area (Å²) in [6.07, 6.45) is 5.02. The molecular weight excluding hydrogens is 431 g/mol. The van der Waals surface area contributed by atoms with Crippen molar-refractivity contribution in [2.24, 2.45) is 0 Å². The monoisotopic (exact) mass is 462 g/mol. The first-order chi connectivity index (χ1) is 14.7. The molecule has 0 radical (unpaired) electrons. The Morgan fingerprint density at radius 3 is 2.42 bits per heavy atom. The fourth-order valence-corrected chi connectivity index (χ4v) is 4.07. The summed E-state index contributed by atoms with van der Waals surface area (Å²) in [5, 5.41) is 3.97. The van der Waals surface area contributed by atoms with E-state index in [0.29, 0.717) is 22.1 Å². The van der Waals surface area contributed by atoms with Gasteiger partial charge in [-0.05, 0) is 94.6 Å². The molecule has 0 saturated carbocycles. The molecule has 1 N–H and O–H groups in total. The second-order valence-electron chi connectivity index (χ2n) is 8.04. The van der Waals surface area contributed by atoms with Crippen molar-refractivity contribution in [2.45, 2.75) is 52.6 Å². The highest BCUT2D eigenvalue weighted by Gasteiger charge is 2.13. The number of methoxy groups -OCH3 is 1. The number of nitrogens with zero attached hydrogens (tertiary/aromatic N) is 1. The number of amides is 1. The summed E-state index contributed by atoms with van der Waals surface area (Å²) >= 11 is 12.1. The van der Waals surface area contributed by atoms with Gasteiger partial charge in [0.2, 0.25) is 5.91 Å². The minimum atomic E-state index is -0.229. The predicted molar refractivity (Wildman–Crippen MR) is 132 cm³/mol. The summed E-state index contributed by atoms with van der Waals surface area (Å²) in [5.74, 6) is 0.607. The van der Waals surface area contributed by atoms with Gasteiger partial charge in [-0.1, -0.05) is 29.3 Å². The Balaban J connectivity index is 2.03. The van der Waals surface area contributed by atoms with Crippen molar-refractivity contribution >= 4 is 40.9 Å². The van der Waals surface area contributed by atoms with E-state index in [0.717, 1.165) is 42.0 Å². The molecule has 2 aromatic rings. The van der Waals surface area contributed by atoms with E-state index >= 15 is 0 Å². The smallest absolute Gasteiger partial charge is 0.248 e. The first-order valence-corrected chi connectivity index (χ1v) is 11.3. The van der Waals surface area contributed by atoms with E-state index < -0.39 is 0 Å². The molecule has 0 aliphatic heterocycles. The number of benzene rings is 2. The third-order valence-corrected chi connectivity index (χ3v) is 5.68. The summed E-state index contributed by atoms with van der Waals surface area (Å²) in [7, 11) is 1.67. The Bertz CT molecular complexity index is 902. The topological polar surface area (TPSA) is 41.6 Å². The second-order valence-corrected chi connectivity index (χ2v) is 8.89. The average molecular weight is 463 g/mol. The van der Waals surface area contributed by atoms with E-state index in [1.54, 1.807) is 31.4 Å². The molecule has 4 nitrogen and oxygen atoms in total. The Morgan fingerprint density at radius 2 is 1.81 bits per heavy atom. The van der Waals surface area contributed by atoms with Gasteiger partial charge in [0.15, 0.2) is 0 Å². The molecular formula is C25H32Cl2N2O2. The van der Waals surface area contributed by atoms with E-state index in [9.17, 15) is 4.79 Å². The summed E-state index contributed by atoms with van der Waals surface area (Å²) < 4.78 is 5.52. The molecule has 0 spiro atoms. The Kier molecular flexibility index (Phi) is 9.89. The van der Waals surface area contributed by atoms with Crippen LogP contribution in [0.4, 0.5) is 5.69 Å². The quantitative estimate of drug-likeness (QED) is 0.399. The van der Waals surface area contributed by atoms with Crippen LogP contribution in [0.2, 0.25) is 10.0 Å². The Labute approximate surface area is 196 Å². The number of carbonyl (C=O) groups is 1. The minimum Gasteiger partial charge on any atom is -0.496 e. The molecule has 0 heterocycles. The highest BCUT2D eigenvalue weighted by Crippen LogP contribution is 2.25. The maximum absolute atomic E-state index is 12.4. The first-order valence-electron chi connectivity index (χ1n) is 10.6. The van der Waals surface area contributed by atoms with Crippen LogP contribution < -0.4 is 10.1 Å². The van der Waals surface area contributed by atoms with E-state index in [1.165, 1.54) is 6.08 Å². The van der Waals surface area contributed by atoms with E-state index in [4.69, 9.17) is 27.9 Å². The van der Waals surface area contributed by atoms with Gasteiger partial charge in [-0.3, -0.25) is 9.69 Å². The maximum atomic E-state index is 12.4. The van der Waals surface area contributed by atoms with Crippen LogP contribution in [0.3, 0.4) is 0 Å². The van der Waals surface area contributed by atoms with Crippen LogP contribution >= 0.6 is 23.2 Å². The summed E-state index contributed by atoms with van der Waals surface area (Å²) in [4.78, 5) is 14.9. The molecule has 0 aliphatic carbocycles. The predicted octanol–water partition coefficient (Wildman–Crippen LogP) is 6.71. The van der Waals surface area contributed by atoms with Gasteiger partial charge in [-0.15, -0.1) is 0 Å². The number of halogens is 2. The van der Waals surface area contributed by atoms with Crippen LogP contribution in [0.5, 0.6) is 5.75 Å². The van der Waals surface area contributed by atoms with Crippen molar-refractivity contribution in [3.8, 4) is 5.75 Å². The lowest BCUT2D eigenvalue weighted by Crippen LogP contribution is -2.37. The fourth-order valence-electron chi connectivity index (χ4n) is 3.60. The van der Waals surface area contributed by atoms with Gasteiger partial charge in [0.05, 0.1) is 7.11 Å². The Morgan fingerprint density at radius 1 is 1.10 bits per heavy atom. The van der Waals surface area contributed by atoms with Gasteiger partial charge in [0.1, 0.15) is 5.75 Å².